The first-order chi connectivity index (χ1) is 21.6. The summed E-state index contributed by atoms with van der Waals surface area (Å²) in [5.41, 5.74) is 0. The van der Waals surface area contributed by atoms with Crippen molar-refractivity contribution >= 4 is 17.9 Å². The number of aliphatic carboxylic acids is 1. The molecule has 0 N–H and O–H groups in total. The van der Waals surface area contributed by atoms with Gasteiger partial charge in [-0.2, -0.15) is 0 Å². The van der Waals surface area contributed by atoms with Gasteiger partial charge in [0.05, 0.1) is 40.3 Å². The molecule has 0 bridgehead atoms. The van der Waals surface area contributed by atoms with Crippen LogP contribution in [0.2, 0.25) is 0 Å². The van der Waals surface area contributed by atoms with Gasteiger partial charge in [-0.15, -0.1) is 0 Å². The van der Waals surface area contributed by atoms with Crippen LogP contribution in [-0.4, -0.2) is 75.5 Å². The Morgan fingerprint density at radius 3 is 1.73 bits per heavy atom. The number of hydrogen-bond acceptors (Lipinski definition) is 7. The quantitative estimate of drug-likeness (QED) is 0.0342. The standard InChI is InChI=1S/C37H67NO7/c1-6-8-10-12-13-14-15-16-17-18-19-20-21-22-24-26-28-36(40)45-33(32-44-35(39)27-25-23-11-9-7-2)31-43-30-29-34(37(41)42)38(3,4)5/h14-15,17-18,33-34H,6-13,16,19-32H2,1-5H3/b15-14-,18-17-. The topological polar surface area (TPSA) is 102 Å². The number of carboxylic acids is 1. The van der Waals surface area contributed by atoms with Gasteiger partial charge in [-0.05, 0) is 44.9 Å². The summed E-state index contributed by atoms with van der Waals surface area (Å²) in [6, 6.07) is -0.723. The fourth-order valence-electron chi connectivity index (χ4n) is 4.98. The minimum Gasteiger partial charge on any atom is -0.544 e. The minimum absolute atomic E-state index is 0.0364. The zero-order valence-electron chi connectivity index (χ0n) is 29.5. The van der Waals surface area contributed by atoms with Crippen LogP contribution in [0.5, 0.6) is 0 Å². The summed E-state index contributed by atoms with van der Waals surface area (Å²) in [5.74, 6) is -1.77. The Labute approximate surface area is 275 Å². The van der Waals surface area contributed by atoms with Crippen molar-refractivity contribution in [3.8, 4) is 0 Å². The lowest BCUT2D eigenvalue weighted by molar-refractivity contribution is -0.889. The lowest BCUT2D eigenvalue weighted by Crippen LogP contribution is -2.55. The van der Waals surface area contributed by atoms with Crippen molar-refractivity contribution in [3.63, 3.8) is 0 Å². The van der Waals surface area contributed by atoms with Gasteiger partial charge in [0.2, 0.25) is 0 Å². The van der Waals surface area contributed by atoms with Crippen LogP contribution in [0.4, 0.5) is 0 Å². The first-order valence-electron chi connectivity index (χ1n) is 17.9. The number of likely N-dealkylation sites (N-methyl/N-ethyl adjacent to an activating group) is 1. The molecule has 0 fully saturated rings. The largest absolute Gasteiger partial charge is 0.544 e. The minimum atomic E-state index is -1.13. The summed E-state index contributed by atoms with van der Waals surface area (Å²) < 4.78 is 16.9. The molecule has 2 atom stereocenters. The molecular formula is C37H67NO7. The monoisotopic (exact) mass is 637 g/mol. The molecule has 0 rings (SSSR count). The predicted molar refractivity (Wildman–Crippen MR) is 180 cm³/mol. The van der Waals surface area contributed by atoms with Crippen molar-refractivity contribution in [1.29, 1.82) is 0 Å². The van der Waals surface area contributed by atoms with Crippen molar-refractivity contribution in [2.45, 2.75) is 154 Å². The van der Waals surface area contributed by atoms with Gasteiger partial charge in [-0.25, -0.2) is 0 Å². The Kier molecular flexibility index (Phi) is 27.8. The molecule has 0 spiro atoms. The highest BCUT2D eigenvalue weighted by atomic mass is 16.6. The molecule has 0 aliphatic rings. The molecule has 0 radical (unpaired) electrons. The molecule has 2 unspecified atom stereocenters. The predicted octanol–water partition coefficient (Wildman–Crippen LogP) is 7.24. The Morgan fingerprint density at radius 1 is 0.667 bits per heavy atom. The van der Waals surface area contributed by atoms with Crippen LogP contribution in [0, 0.1) is 0 Å². The van der Waals surface area contributed by atoms with E-state index in [-0.39, 0.29) is 42.7 Å². The van der Waals surface area contributed by atoms with Crippen LogP contribution >= 0.6 is 0 Å². The number of nitrogens with zero attached hydrogens (tertiary/aromatic N) is 1. The second-order valence-corrected chi connectivity index (χ2v) is 13.1. The molecule has 262 valence electrons. The number of quaternary nitrogens is 1. The van der Waals surface area contributed by atoms with Gasteiger partial charge in [0, 0.05) is 19.3 Å². The van der Waals surface area contributed by atoms with E-state index in [0.717, 1.165) is 77.0 Å². The van der Waals surface area contributed by atoms with E-state index in [1.165, 1.54) is 32.1 Å². The van der Waals surface area contributed by atoms with E-state index >= 15 is 0 Å². The summed E-state index contributed by atoms with van der Waals surface area (Å²) in [7, 11) is 5.38. The number of ether oxygens (including phenoxy) is 3. The molecule has 0 amide bonds. The Morgan fingerprint density at radius 2 is 1.18 bits per heavy atom. The molecule has 0 aromatic heterocycles. The molecule has 0 heterocycles. The SMILES string of the molecule is CCCCCC/C=C\C/C=C\CCCCCCCC(=O)OC(COCCC(C(=O)[O-])[N+](C)(C)C)COC(=O)CCCCCCC. The molecule has 0 aliphatic carbocycles. The average Bonchev–Trinajstić information content (AvgIpc) is 2.98. The zero-order chi connectivity index (χ0) is 33.6. The van der Waals surface area contributed by atoms with E-state index in [1.54, 1.807) is 21.1 Å². The maximum absolute atomic E-state index is 12.6. The average molecular weight is 638 g/mol. The van der Waals surface area contributed by atoms with Crippen molar-refractivity contribution in [2.75, 3.05) is 41.0 Å². The number of carbonyl (C=O) groups is 3. The number of rotatable bonds is 31. The third-order valence-corrected chi connectivity index (χ3v) is 7.84. The van der Waals surface area contributed by atoms with Gasteiger partial charge < -0.3 is 28.6 Å². The van der Waals surface area contributed by atoms with Crippen LogP contribution in [0.25, 0.3) is 0 Å². The Balaban J connectivity index is 4.36. The second-order valence-electron chi connectivity index (χ2n) is 13.1. The lowest BCUT2D eigenvalue weighted by atomic mass is 10.1. The number of esters is 2. The van der Waals surface area contributed by atoms with Gasteiger partial charge >= 0.3 is 11.9 Å². The fraction of sp³-hybridized carbons (Fsp3) is 0.811. The van der Waals surface area contributed by atoms with E-state index in [1.807, 2.05) is 0 Å². The van der Waals surface area contributed by atoms with E-state index in [2.05, 4.69) is 38.2 Å². The highest BCUT2D eigenvalue weighted by Gasteiger charge is 2.25. The first kappa shape index (κ1) is 42.8. The van der Waals surface area contributed by atoms with Gasteiger partial charge in [0.25, 0.3) is 0 Å². The number of carbonyl (C=O) groups excluding carboxylic acids is 3. The van der Waals surface area contributed by atoms with Gasteiger partial charge in [-0.1, -0.05) is 102 Å². The van der Waals surface area contributed by atoms with Crippen molar-refractivity contribution < 1.29 is 38.2 Å². The molecule has 0 saturated carbocycles. The van der Waals surface area contributed by atoms with E-state index in [4.69, 9.17) is 14.2 Å². The van der Waals surface area contributed by atoms with E-state index in [0.29, 0.717) is 12.8 Å². The van der Waals surface area contributed by atoms with Crippen LogP contribution in [0.15, 0.2) is 24.3 Å². The normalized spacial score (nSPS) is 13.4. The Hall–Kier alpha value is -2.19. The summed E-state index contributed by atoms with van der Waals surface area (Å²) in [5, 5.41) is 11.5. The summed E-state index contributed by atoms with van der Waals surface area (Å²) >= 11 is 0. The third kappa shape index (κ3) is 27.8. The zero-order valence-corrected chi connectivity index (χ0v) is 29.5. The van der Waals surface area contributed by atoms with E-state index in [9.17, 15) is 19.5 Å². The molecule has 45 heavy (non-hydrogen) atoms. The molecular weight excluding hydrogens is 570 g/mol. The van der Waals surface area contributed by atoms with Crippen LogP contribution in [0.1, 0.15) is 142 Å². The second kappa shape index (κ2) is 29.2. The molecule has 8 nitrogen and oxygen atoms in total. The smallest absolute Gasteiger partial charge is 0.306 e. The van der Waals surface area contributed by atoms with Crippen LogP contribution in [0.3, 0.4) is 0 Å². The van der Waals surface area contributed by atoms with Gasteiger partial charge in [0.1, 0.15) is 12.6 Å². The number of carboxylic acid groups (broad SMARTS) is 1. The van der Waals surface area contributed by atoms with Crippen molar-refractivity contribution in [1.82, 2.24) is 0 Å². The molecule has 0 aromatic rings. The van der Waals surface area contributed by atoms with Crippen LogP contribution in [-0.2, 0) is 28.6 Å². The number of unbranched alkanes of at least 4 members (excludes halogenated alkanes) is 13. The number of hydrogen-bond donors (Lipinski definition) is 0. The molecule has 0 aromatic carbocycles. The molecule has 8 heteroatoms. The van der Waals surface area contributed by atoms with E-state index < -0.39 is 18.1 Å². The van der Waals surface area contributed by atoms with Crippen LogP contribution < -0.4 is 5.11 Å². The number of allylic oxidation sites excluding steroid dienone is 4. The van der Waals surface area contributed by atoms with Gasteiger partial charge in [0.15, 0.2) is 6.10 Å². The first-order valence-corrected chi connectivity index (χ1v) is 17.9. The third-order valence-electron chi connectivity index (χ3n) is 7.84. The highest BCUT2D eigenvalue weighted by molar-refractivity contribution is 5.70. The maximum Gasteiger partial charge on any atom is 0.306 e. The van der Waals surface area contributed by atoms with Gasteiger partial charge in [-0.3, -0.25) is 9.59 Å². The Bertz CT molecular complexity index is 803. The molecule has 0 saturated heterocycles. The summed E-state index contributed by atoms with van der Waals surface area (Å²) in [4.78, 5) is 36.3. The maximum atomic E-state index is 12.6. The van der Waals surface area contributed by atoms with Crippen molar-refractivity contribution in [3.05, 3.63) is 24.3 Å². The highest BCUT2D eigenvalue weighted by Crippen LogP contribution is 2.12. The lowest BCUT2D eigenvalue weighted by Gasteiger charge is -2.34. The fourth-order valence-corrected chi connectivity index (χ4v) is 4.98. The summed E-state index contributed by atoms with van der Waals surface area (Å²) in [6.07, 6.45) is 28.0. The van der Waals surface area contributed by atoms with Crippen molar-refractivity contribution in [2.24, 2.45) is 0 Å². The molecule has 0 aliphatic heterocycles. The summed E-state index contributed by atoms with van der Waals surface area (Å²) in [6.45, 7) is 4.52.